The summed E-state index contributed by atoms with van der Waals surface area (Å²) < 4.78 is 0. The van der Waals surface area contributed by atoms with Gasteiger partial charge in [-0.3, -0.25) is 4.79 Å². The summed E-state index contributed by atoms with van der Waals surface area (Å²) in [6.45, 7) is 2.51. The maximum Gasteiger partial charge on any atom is 0.226 e. The average Bonchev–Trinajstić information content (AvgIpc) is 2.81. The maximum atomic E-state index is 12.0. The molecule has 3 heterocycles. The van der Waals surface area contributed by atoms with Crippen molar-refractivity contribution in [1.29, 1.82) is 0 Å². The maximum absolute atomic E-state index is 12.0. The Balaban J connectivity index is 1.67. The number of rotatable bonds is 2. The summed E-state index contributed by atoms with van der Waals surface area (Å²) in [4.78, 5) is 22.5. The van der Waals surface area contributed by atoms with Gasteiger partial charge in [-0.1, -0.05) is 0 Å². The fourth-order valence-corrected chi connectivity index (χ4v) is 3.14. The van der Waals surface area contributed by atoms with Crippen molar-refractivity contribution in [1.82, 2.24) is 10.3 Å². The Morgan fingerprint density at radius 3 is 2.57 bits per heavy atom. The molecule has 0 aromatic carbocycles. The smallest absolute Gasteiger partial charge is 0.226 e. The molecule has 0 bridgehead atoms. The molecular formula is C14H20N6O. The highest BCUT2D eigenvalue weighted by atomic mass is 16.2. The molecule has 2 fully saturated rings. The number of anilines is 1. The summed E-state index contributed by atoms with van der Waals surface area (Å²) in [6, 6.07) is 3.75. The Morgan fingerprint density at radius 1 is 1.29 bits per heavy atom. The number of amides is 1. The Kier molecular flexibility index (Phi) is 3.40. The molecule has 0 unspecified atom stereocenters. The minimum Gasteiger partial charge on any atom is -0.370 e. The van der Waals surface area contributed by atoms with Gasteiger partial charge in [-0.15, -0.1) is 0 Å². The van der Waals surface area contributed by atoms with Gasteiger partial charge in [0.15, 0.2) is 5.96 Å². The summed E-state index contributed by atoms with van der Waals surface area (Å²) >= 11 is 0. The monoisotopic (exact) mass is 288 g/mol. The molecule has 2 aliphatic heterocycles. The highest BCUT2D eigenvalue weighted by molar-refractivity contribution is 5.85. The molecule has 7 nitrogen and oxygen atoms in total. The molecule has 0 saturated carbocycles. The van der Waals surface area contributed by atoms with Gasteiger partial charge in [-0.05, 0) is 31.4 Å². The minimum atomic E-state index is -0.144. The minimum absolute atomic E-state index is 0.0247. The second-order valence-corrected chi connectivity index (χ2v) is 5.68. The largest absolute Gasteiger partial charge is 0.370 e. The highest BCUT2D eigenvalue weighted by Crippen LogP contribution is 2.38. The van der Waals surface area contributed by atoms with E-state index in [4.69, 9.17) is 11.5 Å². The quantitative estimate of drug-likeness (QED) is 0.528. The van der Waals surface area contributed by atoms with Crippen LogP contribution in [0.5, 0.6) is 0 Å². The summed E-state index contributed by atoms with van der Waals surface area (Å²) in [5, 5.41) is 2.95. The highest BCUT2D eigenvalue weighted by Gasteiger charge is 2.44. The van der Waals surface area contributed by atoms with Gasteiger partial charge < -0.3 is 21.7 Å². The molecule has 1 aromatic heterocycles. The van der Waals surface area contributed by atoms with Gasteiger partial charge in [0.05, 0.1) is 17.3 Å². The first-order valence-electron chi connectivity index (χ1n) is 7.18. The number of hydrogen-bond acceptors (Lipinski definition) is 4. The normalized spacial score (nSPS) is 20.4. The van der Waals surface area contributed by atoms with Crippen molar-refractivity contribution in [2.24, 2.45) is 21.9 Å². The van der Waals surface area contributed by atoms with E-state index in [1.165, 1.54) is 0 Å². The average molecular weight is 288 g/mol. The van der Waals surface area contributed by atoms with E-state index in [2.05, 4.69) is 20.2 Å². The van der Waals surface area contributed by atoms with Crippen molar-refractivity contribution in [2.75, 3.05) is 24.5 Å². The summed E-state index contributed by atoms with van der Waals surface area (Å²) in [7, 11) is 0. The summed E-state index contributed by atoms with van der Waals surface area (Å²) in [5.74, 6) is 1.15. The van der Waals surface area contributed by atoms with Gasteiger partial charge in [-0.2, -0.15) is 0 Å². The summed E-state index contributed by atoms with van der Waals surface area (Å²) in [6.07, 6.45) is 4.38. The van der Waals surface area contributed by atoms with Crippen LogP contribution in [0.2, 0.25) is 0 Å². The van der Waals surface area contributed by atoms with Crippen LogP contribution in [0.1, 0.15) is 19.3 Å². The van der Waals surface area contributed by atoms with Crippen LogP contribution in [0.4, 0.5) is 11.5 Å². The molecule has 3 rings (SSSR count). The van der Waals surface area contributed by atoms with Crippen LogP contribution >= 0.6 is 0 Å². The number of nitrogens with two attached hydrogens (primary N) is 2. The van der Waals surface area contributed by atoms with E-state index in [-0.39, 0.29) is 17.3 Å². The number of aromatic nitrogens is 1. The van der Waals surface area contributed by atoms with Crippen molar-refractivity contribution in [2.45, 2.75) is 19.3 Å². The molecule has 1 aromatic rings. The number of carbonyl (C=O) groups is 1. The molecule has 7 heteroatoms. The lowest BCUT2D eigenvalue weighted by atomic mass is 9.77. The molecule has 0 atom stereocenters. The number of nitrogens with one attached hydrogen (secondary N) is 1. The molecule has 2 saturated heterocycles. The van der Waals surface area contributed by atoms with Crippen molar-refractivity contribution >= 4 is 23.4 Å². The Bertz CT molecular complexity index is 555. The zero-order chi connectivity index (χ0) is 14.9. The second kappa shape index (κ2) is 5.23. The van der Waals surface area contributed by atoms with Crippen molar-refractivity contribution < 1.29 is 4.79 Å². The first-order chi connectivity index (χ1) is 10.1. The standard InChI is InChI=1S/C14H20N6O/c15-13(16)19-10-1-2-11(18-9-10)20-7-4-14(5-8-20)3-6-17-12(14)21/h1-2,9H,3-8H2,(H,17,21)(H4,15,16,19). The van der Waals surface area contributed by atoms with Crippen LogP contribution in [-0.2, 0) is 4.79 Å². The van der Waals surface area contributed by atoms with Crippen LogP contribution in [-0.4, -0.2) is 36.5 Å². The number of hydrogen-bond donors (Lipinski definition) is 3. The van der Waals surface area contributed by atoms with Gasteiger partial charge in [0, 0.05) is 19.6 Å². The lowest BCUT2D eigenvalue weighted by molar-refractivity contribution is -0.128. The van der Waals surface area contributed by atoms with E-state index >= 15 is 0 Å². The molecule has 0 radical (unpaired) electrons. The van der Waals surface area contributed by atoms with E-state index in [0.717, 1.165) is 44.7 Å². The molecule has 0 aliphatic carbocycles. The Morgan fingerprint density at radius 2 is 2.05 bits per heavy atom. The first kappa shape index (κ1) is 13.7. The predicted molar refractivity (Wildman–Crippen MR) is 81.2 cm³/mol. The van der Waals surface area contributed by atoms with E-state index in [1.807, 2.05) is 12.1 Å². The van der Waals surface area contributed by atoms with E-state index in [0.29, 0.717) is 5.69 Å². The molecule has 1 amide bonds. The van der Waals surface area contributed by atoms with Gasteiger partial charge in [0.1, 0.15) is 5.82 Å². The van der Waals surface area contributed by atoms with Crippen molar-refractivity contribution in [3.63, 3.8) is 0 Å². The van der Waals surface area contributed by atoms with Crippen LogP contribution in [0.15, 0.2) is 23.3 Å². The number of nitrogens with zero attached hydrogens (tertiary/aromatic N) is 3. The van der Waals surface area contributed by atoms with Crippen molar-refractivity contribution in [3.05, 3.63) is 18.3 Å². The Labute approximate surface area is 123 Å². The van der Waals surface area contributed by atoms with Crippen LogP contribution in [0.25, 0.3) is 0 Å². The van der Waals surface area contributed by atoms with Crippen LogP contribution < -0.4 is 21.7 Å². The fourth-order valence-electron chi connectivity index (χ4n) is 3.14. The van der Waals surface area contributed by atoms with E-state index in [9.17, 15) is 4.79 Å². The van der Waals surface area contributed by atoms with Gasteiger partial charge in [-0.25, -0.2) is 9.98 Å². The zero-order valence-electron chi connectivity index (χ0n) is 11.9. The molecular weight excluding hydrogens is 268 g/mol. The number of aliphatic imine (C=N–C) groups is 1. The second-order valence-electron chi connectivity index (χ2n) is 5.68. The third-order valence-electron chi connectivity index (χ3n) is 4.41. The van der Waals surface area contributed by atoms with E-state index < -0.39 is 0 Å². The zero-order valence-corrected chi connectivity index (χ0v) is 11.9. The lowest BCUT2D eigenvalue weighted by Gasteiger charge is -2.37. The van der Waals surface area contributed by atoms with Crippen molar-refractivity contribution in [3.8, 4) is 0 Å². The molecule has 5 N–H and O–H groups in total. The number of guanidine groups is 1. The SMILES string of the molecule is NC(N)=Nc1ccc(N2CCC3(CCNC3=O)CC2)nc1. The third kappa shape index (κ3) is 2.63. The predicted octanol–water partition coefficient (Wildman–Crippen LogP) is 0.0930. The number of carbonyl (C=O) groups excluding carboxylic acids is 1. The van der Waals surface area contributed by atoms with Gasteiger partial charge >= 0.3 is 0 Å². The van der Waals surface area contributed by atoms with Crippen LogP contribution in [0, 0.1) is 5.41 Å². The molecule has 21 heavy (non-hydrogen) atoms. The third-order valence-corrected chi connectivity index (χ3v) is 4.41. The Hall–Kier alpha value is -2.31. The van der Waals surface area contributed by atoms with E-state index in [1.54, 1.807) is 6.20 Å². The number of piperidine rings is 1. The number of pyridine rings is 1. The topological polar surface area (TPSA) is 110 Å². The molecule has 1 spiro atoms. The van der Waals surface area contributed by atoms with Gasteiger partial charge in [0.2, 0.25) is 5.91 Å². The molecule has 112 valence electrons. The lowest BCUT2D eigenvalue weighted by Crippen LogP contribution is -2.44. The van der Waals surface area contributed by atoms with Crippen LogP contribution in [0.3, 0.4) is 0 Å². The molecule has 2 aliphatic rings. The van der Waals surface area contributed by atoms with Gasteiger partial charge in [0.25, 0.3) is 0 Å². The summed E-state index contributed by atoms with van der Waals surface area (Å²) in [5.41, 5.74) is 11.2. The fraction of sp³-hybridized carbons (Fsp3) is 0.500. The first-order valence-corrected chi connectivity index (χ1v) is 7.18.